The normalized spacial score (nSPS) is 36.2. The summed E-state index contributed by atoms with van der Waals surface area (Å²) in [5, 5.41) is 10.3. The zero-order valence-electron chi connectivity index (χ0n) is 12.2. The van der Waals surface area contributed by atoms with Crippen molar-refractivity contribution in [1.29, 1.82) is 0 Å². The zero-order chi connectivity index (χ0) is 13.2. The third-order valence-electron chi connectivity index (χ3n) is 4.78. The molecule has 0 bridgehead atoms. The molecule has 106 valence electrons. The largest absolute Gasteiger partial charge is 0.392 e. The molecule has 0 aromatic rings. The summed E-state index contributed by atoms with van der Waals surface area (Å²) in [6.07, 6.45) is 4.68. The second-order valence-electron chi connectivity index (χ2n) is 7.04. The van der Waals surface area contributed by atoms with Crippen LogP contribution in [0.1, 0.15) is 39.5 Å². The number of aliphatic hydroxyl groups excluding tert-OH is 1. The maximum atomic E-state index is 10.3. The van der Waals surface area contributed by atoms with Gasteiger partial charge in [-0.15, -0.1) is 0 Å². The van der Waals surface area contributed by atoms with Crippen molar-refractivity contribution in [1.82, 2.24) is 4.90 Å². The molecule has 2 aliphatic rings. The molecule has 3 heteroatoms. The van der Waals surface area contributed by atoms with E-state index in [1.807, 2.05) is 0 Å². The predicted octanol–water partition coefficient (Wildman–Crippen LogP) is 2.14. The minimum Gasteiger partial charge on any atom is -0.392 e. The van der Waals surface area contributed by atoms with E-state index < -0.39 is 0 Å². The van der Waals surface area contributed by atoms with Crippen molar-refractivity contribution in [3.63, 3.8) is 0 Å². The van der Waals surface area contributed by atoms with Gasteiger partial charge in [0.05, 0.1) is 12.7 Å². The molecule has 0 aromatic heterocycles. The van der Waals surface area contributed by atoms with Gasteiger partial charge in [0.1, 0.15) is 0 Å². The molecule has 1 aliphatic heterocycles. The Kier molecular flexibility index (Phi) is 4.68. The number of nitrogens with zero attached hydrogens (tertiary/aromatic N) is 1. The van der Waals surface area contributed by atoms with Gasteiger partial charge in [-0.3, -0.25) is 0 Å². The highest BCUT2D eigenvalue weighted by atomic mass is 16.5. The molecule has 1 saturated heterocycles. The van der Waals surface area contributed by atoms with E-state index in [1.54, 1.807) is 0 Å². The van der Waals surface area contributed by atoms with E-state index in [0.717, 1.165) is 32.7 Å². The summed E-state index contributed by atoms with van der Waals surface area (Å²) >= 11 is 0. The van der Waals surface area contributed by atoms with Crippen molar-refractivity contribution in [2.45, 2.75) is 45.6 Å². The predicted molar refractivity (Wildman–Crippen MR) is 73.6 cm³/mol. The van der Waals surface area contributed by atoms with E-state index in [-0.39, 0.29) is 11.5 Å². The zero-order valence-corrected chi connectivity index (χ0v) is 12.2. The van der Waals surface area contributed by atoms with Crippen LogP contribution < -0.4 is 0 Å². The highest BCUT2D eigenvalue weighted by Crippen LogP contribution is 2.41. The van der Waals surface area contributed by atoms with Crippen molar-refractivity contribution in [3.05, 3.63) is 0 Å². The number of rotatable bonds is 4. The number of hydrogen-bond donors (Lipinski definition) is 1. The lowest BCUT2D eigenvalue weighted by atomic mass is 9.87. The molecule has 0 amide bonds. The Hall–Kier alpha value is -0.120. The molecule has 18 heavy (non-hydrogen) atoms. The van der Waals surface area contributed by atoms with E-state index in [2.05, 4.69) is 25.8 Å². The molecular formula is C15H29NO2. The molecule has 1 saturated carbocycles. The fraction of sp³-hybridized carbons (Fsp3) is 1.00. The molecule has 2 rings (SSSR count). The van der Waals surface area contributed by atoms with Crippen LogP contribution in [0.5, 0.6) is 0 Å². The van der Waals surface area contributed by atoms with Gasteiger partial charge in [0, 0.05) is 19.7 Å². The van der Waals surface area contributed by atoms with Gasteiger partial charge in [0.15, 0.2) is 0 Å². The van der Waals surface area contributed by atoms with Crippen LogP contribution in [0.4, 0.5) is 0 Å². The summed E-state index contributed by atoms with van der Waals surface area (Å²) in [7, 11) is 2.19. The Morgan fingerprint density at radius 2 is 2.06 bits per heavy atom. The van der Waals surface area contributed by atoms with Crippen molar-refractivity contribution in [2.75, 3.05) is 33.4 Å². The molecule has 3 atom stereocenters. The van der Waals surface area contributed by atoms with Crippen molar-refractivity contribution in [3.8, 4) is 0 Å². The van der Waals surface area contributed by atoms with Gasteiger partial charge >= 0.3 is 0 Å². The van der Waals surface area contributed by atoms with E-state index >= 15 is 0 Å². The van der Waals surface area contributed by atoms with Crippen LogP contribution in [0.25, 0.3) is 0 Å². The van der Waals surface area contributed by atoms with E-state index in [0.29, 0.717) is 11.8 Å². The van der Waals surface area contributed by atoms with Crippen LogP contribution in [-0.4, -0.2) is 49.5 Å². The second-order valence-corrected chi connectivity index (χ2v) is 7.04. The molecule has 1 N–H and O–H groups in total. The SMILES string of the molecule is CN(CC1CCCOC1)CC1CCC(C)(C)C1O. The first-order valence-corrected chi connectivity index (χ1v) is 7.43. The minimum absolute atomic E-state index is 0.111. The lowest BCUT2D eigenvalue weighted by molar-refractivity contribution is 0.0203. The molecule has 1 heterocycles. The van der Waals surface area contributed by atoms with E-state index in [4.69, 9.17) is 4.74 Å². The topological polar surface area (TPSA) is 32.7 Å². The highest BCUT2D eigenvalue weighted by molar-refractivity contribution is 4.92. The summed E-state index contributed by atoms with van der Waals surface area (Å²) in [4.78, 5) is 2.40. The molecule has 0 radical (unpaired) electrons. The molecule has 0 spiro atoms. The van der Waals surface area contributed by atoms with Crippen LogP contribution in [0.15, 0.2) is 0 Å². The van der Waals surface area contributed by atoms with Crippen molar-refractivity contribution < 1.29 is 9.84 Å². The monoisotopic (exact) mass is 255 g/mol. The Labute approximate surface area is 112 Å². The number of aliphatic hydroxyl groups is 1. The maximum Gasteiger partial charge on any atom is 0.0631 e. The first-order valence-electron chi connectivity index (χ1n) is 7.43. The van der Waals surface area contributed by atoms with Gasteiger partial charge in [-0.05, 0) is 50.0 Å². The van der Waals surface area contributed by atoms with Crippen LogP contribution >= 0.6 is 0 Å². The Bertz CT molecular complexity index is 261. The summed E-state index contributed by atoms with van der Waals surface area (Å²) < 4.78 is 5.53. The third-order valence-corrected chi connectivity index (χ3v) is 4.78. The minimum atomic E-state index is -0.137. The third kappa shape index (κ3) is 3.46. The fourth-order valence-electron chi connectivity index (χ4n) is 3.56. The van der Waals surface area contributed by atoms with Crippen LogP contribution in [0.2, 0.25) is 0 Å². The molecule has 3 unspecified atom stereocenters. The second kappa shape index (κ2) is 5.89. The van der Waals surface area contributed by atoms with E-state index in [9.17, 15) is 5.11 Å². The lowest BCUT2D eigenvalue weighted by Crippen LogP contribution is -2.38. The quantitative estimate of drug-likeness (QED) is 0.835. The first-order chi connectivity index (χ1) is 8.49. The van der Waals surface area contributed by atoms with Crippen molar-refractivity contribution in [2.24, 2.45) is 17.3 Å². The Balaban J connectivity index is 1.75. The summed E-state index contributed by atoms with van der Waals surface area (Å²) in [5.74, 6) is 1.14. The molecule has 1 aliphatic carbocycles. The van der Waals surface area contributed by atoms with Gasteiger partial charge in [-0.2, -0.15) is 0 Å². The smallest absolute Gasteiger partial charge is 0.0631 e. The lowest BCUT2D eigenvalue weighted by Gasteiger charge is -2.31. The number of ether oxygens (including phenoxy) is 1. The summed E-state index contributed by atoms with van der Waals surface area (Å²) in [6, 6.07) is 0. The standard InChI is InChI=1S/C15H29NO2/c1-15(2)7-6-13(14(15)17)10-16(3)9-12-5-4-8-18-11-12/h12-14,17H,4-11H2,1-3H3. The van der Waals surface area contributed by atoms with Crippen LogP contribution in [0, 0.1) is 17.3 Å². The van der Waals surface area contributed by atoms with Gasteiger partial charge in [-0.25, -0.2) is 0 Å². The fourth-order valence-corrected chi connectivity index (χ4v) is 3.56. The van der Waals surface area contributed by atoms with Crippen molar-refractivity contribution >= 4 is 0 Å². The van der Waals surface area contributed by atoms with Gasteiger partial charge < -0.3 is 14.7 Å². The van der Waals surface area contributed by atoms with Gasteiger partial charge in [0.2, 0.25) is 0 Å². The van der Waals surface area contributed by atoms with Crippen LogP contribution in [0.3, 0.4) is 0 Å². The van der Waals surface area contributed by atoms with Crippen LogP contribution in [-0.2, 0) is 4.74 Å². The average molecular weight is 255 g/mol. The Morgan fingerprint density at radius 3 is 2.61 bits per heavy atom. The van der Waals surface area contributed by atoms with Gasteiger partial charge in [-0.1, -0.05) is 13.8 Å². The van der Waals surface area contributed by atoms with E-state index in [1.165, 1.54) is 19.3 Å². The number of hydrogen-bond acceptors (Lipinski definition) is 3. The highest BCUT2D eigenvalue weighted by Gasteiger charge is 2.40. The van der Waals surface area contributed by atoms with Gasteiger partial charge in [0.25, 0.3) is 0 Å². The molecule has 2 fully saturated rings. The Morgan fingerprint density at radius 1 is 1.28 bits per heavy atom. The first kappa shape index (κ1) is 14.3. The molecule has 3 nitrogen and oxygen atoms in total. The summed E-state index contributed by atoms with van der Waals surface area (Å²) in [6.45, 7) is 8.38. The molecular weight excluding hydrogens is 226 g/mol. The summed E-state index contributed by atoms with van der Waals surface area (Å²) in [5.41, 5.74) is 0.111. The molecule has 0 aromatic carbocycles. The average Bonchev–Trinajstić information content (AvgIpc) is 2.57. The maximum absolute atomic E-state index is 10.3.